The van der Waals surface area contributed by atoms with Crippen molar-refractivity contribution in [1.29, 1.82) is 0 Å². The van der Waals surface area contributed by atoms with E-state index in [-0.39, 0.29) is 5.91 Å². The van der Waals surface area contributed by atoms with Gasteiger partial charge in [-0.15, -0.1) is 0 Å². The van der Waals surface area contributed by atoms with Crippen molar-refractivity contribution in [2.45, 2.75) is 6.54 Å². The van der Waals surface area contributed by atoms with Crippen LogP contribution in [0.15, 0.2) is 72.9 Å². The molecule has 0 atom stereocenters. The largest absolute Gasteiger partial charge is 0.496 e. The second-order valence-corrected chi connectivity index (χ2v) is 6.89. The Hall–Kier alpha value is -3.25. The standard InChI is InChI=1S/C21H17N3O2S/c1-26-18-11-4-2-9-16(18)20(25)24(14-15-8-6-7-13-22-15)21-23-17-10-3-5-12-19(17)27-21/h2-13H,14H2,1H3. The summed E-state index contributed by atoms with van der Waals surface area (Å²) in [4.78, 5) is 24.1. The number of benzene rings is 2. The minimum absolute atomic E-state index is 0.169. The van der Waals surface area contributed by atoms with E-state index in [0.29, 0.717) is 23.0 Å². The van der Waals surface area contributed by atoms with Gasteiger partial charge in [0.05, 0.1) is 35.1 Å². The average Bonchev–Trinajstić information content (AvgIpc) is 3.16. The highest BCUT2D eigenvalue weighted by Crippen LogP contribution is 2.31. The number of nitrogens with zero attached hydrogens (tertiary/aromatic N) is 3. The van der Waals surface area contributed by atoms with Crippen LogP contribution in [0.5, 0.6) is 5.75 Å². The zero-order chi connectivity index (χ0) is 18.6. The van der Waals surface area contributed by atoms with Gasteiger partial charge < -0.3 is 4.74 Å². The van der Waals surface area contributed by atoms with Crippen molar-refractivity contribution in [2.75, 3.05) is 12.0 Å². The molecule has 0 radical (unpaired) electrons. The monoisotopic (exact) mass is 375 g/mol. The number of rotatable bonds is 5. The summed E-state index contributed by atoms with van der Waals surface area (Å²) < 4.78 is 6.42. The van der Waals surface area contributed by atoms with Crippen molar-refractivity contribution < 1.29 is 9.53 Å². The van der Waals surface area contributed by atoms with Gasteiger partial charge in [-0.3, -0.25) is 14.7 Å². The lowest BCUT2D eigenvalue weighted by molar-refractivity contribution is 0.0982. The minimum atomic E-state index is -0.169. The first-order chi connectivity index (χ1) is 13.3. The topological polar surface area (TPSA) is 55.3 Å². The lowest BCUT2D eigenvalue weighted by Crippen LogP contribution is -2.31. The van der Waals surface area contributed by atoms with Crippen LogP contribution in [0.1, 0.15) is 16.1 Å². The Bertz CT molecular complexity index is 1050. The molecule has 4 rings (SSSR count). The van der Waals surface area contributed by atoms with Crippen molar-refractivity contribution in [3.63, 3.8) is 0 Å². The molecule has 0 saturated heterocycles. The highest BCUT2D eigenvalue weighted by molar-refractivity contribution is 7.22. The zero-order valence-corrected chi connectivity index (χ0v) is 15.5. The van der Waals surface area contributed by atoms with E-state index in [1.165, 1.54) is 11.3 Å². The first kappa shape index (κ1) is 17.2. The first-order valence-corrected chi connectivity index (χ1v) is 9.28. The van der Waals surface area contributed by atoms with Crippen LogP contribution >= 0.6 is 11.3 Å². The molecule has 5 nitrogen and oxygen atoms in total. The fourth-order valence-electron chi connectivity index (χ4n) is 2.82. The van der Waals surface area contributed by atoms with Crippen LogP contribution < -0.4 is 9.64 Å². The summed E-state index contributed by atoms with van der Waals surface area (Å²) >= 11 is 1.49. The fourth-order valence-corrected chi connectivity index (χ4v) is 3.79. The molecule has 6 heteroatoms. The number of aromatic nitrogens is 2. The van der Waals surface area contributed by atoms with Gasteiger partial charge in [0.25, 0.3) is 5.91 Å². The highest BCUT2D eigenvalue weighted by atomic mass is 32.1. The molecule has 0 N–H and O–H groups in total. The maximum Gasteiger partial charge on any atom is 0.264 e. The van der Waals surface area contributed by atoms with E-state index in [4.69, 9.17) is 4.74 Å². The van der Waals surface area contributed by atoms with Gasteiger partial charge in [-0.05, 0) is 36.4 Å². The van der Waals surface area contributed by atoms with E-state index < -0.39 is 0 Å². The number of ether oxygens (including phenoxy) is 1. The van der Waals surface area contributed by atoms with Crippen molar-refractivity contribution >= 4 is 32.6 Å². The molecular formula is C21H17N3O2S. The number of carbonyl (C=O) groups excluding carboxylic acids is 1. The average molecular weight is 375 g/mol. The molecule has 27 heavy (non-hydrogen) atoms. The van der Waals surface area contributed by atoms with E-state index >= 15 is 0 Å². The Morgan fingerprint density at radius 2 is 1.81 bits per heavy atom. The first-order valence-electron chi connectivity index (χ1n) is 8.46. The second kappa shape index (κ2) is 7.55. The van der Waals surface area contributed by atoms with Gasteiger partial charge >= 0.3 is 0 Å². The third-order valence-electron chi connectivity index (χ3n) is 4.14. The summed E-state index contributed by atoms with van der Waals surface area (Å²) in [5.41, 5.74) is 2.16. The molecule has 2 aromatic heterocycles. The Kier molecular flexibility index (Phi) is 4.80. The van der Waals surface area contributed by atoms with Crippen molar-refractivity contribution in [3.05, 3.63) is 84.2 Å². The maximum atomic E-state index is 13.4. The van der Waals surface area contributed by atoms with Crippen LogP contribution in [0.3, 0.4) is 0 Å². The highest BCUT2D eigenvalue weighted by Gasteiger charge is 2.24. The van der Waals surface area contributed by atoms with Crippen LogP contribution in [-0.4, -0.2) is 23.0 Å². The quantitative estimate of drug-likeness (QED) is 0.514. The Morgan fingerprint density at radius 3 is 2.59 bits per heavy atom. The van der Waals surface area contributed by atoms with Crippen LogP contribution in [-0.2, 0) is 6.54 Å². The van der Waals surface area contributed by atoms with Crippen molar-refractivity contribution in [3.8, 4) is 5.75 Å². The number of carbonyl (C=O) groups is 1. The molecule has 0 aliphatic carbocycles. The Balaban J connectivity index is 1.78. The predicted octanol–water partition coefficient (Wildman–Crippen LogP) is 4.55. The third kappa shape index (κ3) is 3.52. The normalized spacial score (nSPS) is 10.7. The molecule has 0 saturated carbocycles. The molecule has 0 spiro atoms. The van der Waals surface area contributed by atoms with E-state index in [1.54, 1.807) is 30.3 Å². The smallest absolute Gasteiger partial charge is 0.264 e. The van der Waals surface area contributed by atoms with Gasteiger partial charge in [0.2, 0.25) is 0 Å². The van der Waals surface area contributed by atoms with Crippen molar-refractivity contribution in [1.82, 2.24) is 9.97 Å². The molecule has 4 aromatic rings. The number of methoxy groups -OCH3 is 1. The lowest BCUT2D eigenvalue weighted by Gasteiger charge is -2.20. The van der Waals surface area contributed by atoms with E-state index in [2.05, 4.69) is 9.97 Å². The molecule has 2 aromatic carbocycles. The Morgan fingerprint density at radius 1 is 1.04 bits per heavy atom. The number of hydrogen-bond acceptors (Lipinski definition) is 5. The predicted molar refractivity (Wildman–Crippen MR) is 107 cm³/mol. The van der Waals surface area contributed by atoms with E-state index in [1.807, 2.05) is 54.6 Å². The van der Waals surface area contributed by atoms with Crippen LogP contribution in [0.4, 0.5) is 5.13 Å². The van der Waals surface area contributed by atoms with Gasteiger partial charge in [-0.2, -0.15) is 0 Å². The summed E-state index contributed by atoms with van der Waals surface area (Å²) in [6.07, 6.45) is 1.72. The number of thiazole rings is 1. The molecule has 0 unspecified atom stereocenters. The van der Waals surface area contributed by atoms with Gasteiger partial charge in [-0.25, -0.2) is 4.98 Å². The molecule has 0 aliphatic rings. The summed E-state index contributed by atoms with van der Waals surface area (Å²) in [6, 6.07) is 20.7. The van der Waals surface area contributed by atoms with Gasteiger partial charge in [-0.1, -0.05) is 41.7 Å². The SMILES string of the molecule is COc1ccccc1C(=O)N(Cc1ccccn1)c1nc2ccccc2s1. The molecule has 0 bridgehead atoms. The molecule has 0 aliphatic heterocycles. The summed E-state index contributed by atoms with van der Waals surface area (Å²) in [7, 11) is 1.56. The molecule has 1 amide bonds. The molecule has 134 valence electrons. The third-order valence-corrected chi connectivity index (χ3v) is 5.20. The molecular weight excluding hydrogens is 358 g/mol. The summed E-state index contributed by atoms with van der Waals surface area (Å²) in [5.74, 6) is 0.367. The van der Waals surface area contributed by atoms with Crippen LogP contribution in [0, 0.1) is 0 Å². The van der Waals surface area contributed by atoms with Gasteiger partial charge in [0.15, 0.2) is 5.13 Å². The van der Waals surface area contributed by atoms with Crippen LogP contribution in [0.25, 0.3) is 10.2 Å². The summed E-state index contributed by atoms with van der Waals surface area (Å²) in [6.45, 7) is 0.331. The van der Waals surface area contributed by atoms with Crippen molar-refractivity contribution in [2.24, 2.45) is 0 Å². The summed E-state index contributed by atoms with van der Waals surface area (Å²) in [5, 5.41) is 0.637. The lowest BCUT2D eigenvalue weighted by atomic mass is 10.1. The number of anilines is 1. The van der Waals surface area contributed by atoms with E-state index in [0.717, 1.165) is 15.9 Å². The number of para-hydroxylation sites is 2. The number of fused-ring (bicyclic) bond motifs is 1. The van der Waals surface area contributed by atoms with Gasteiger partial charge in [0, 0.05) is 6.20 Å². The number of pyridine rings is 1. The van der Waals surface area contributed by atoms with Crippen LogP contribution in [0.2, 0.25) is 0 Å². The maximum absolute atomic E-state index is 13.4. The second-order valence-electron chi connectivity index (χ2n) is 5.88. The minimum Gasteiger partial charge on any atom is -0.496 e. The molecule has 0 fully saturated rings. The van der Waals surface area contributed by atoms with E-state index in [9.17, 15) is 4.79 Å². The number of amides is 1. The molecule has 2 heterocycles. The zero-order valence-electron chi connectivity index (χ0n) is 14.7. The fraction of sp³-hybridized carbons (Fsp3) is 0.0952. The van der Waals surface area contributed by atoms with Gasteiger partial charge in [0.1, 0.15) is 5.75 Å². The number of hydrogen-bond donors (Lipinski definition) is 0. The Labute approximate surface area is 160 Å².